The smallest absolute Gasteiger partial charge is 0.162 e. The first-order chi connectivity index (χ1) is 13.3. The Bertz CT molecular complexity index is 838. The van der Waals surface area contributed by atoms with Crippen LogP contribution < -0.4 is 14.8 Å². The summed E-state index contributed by atoms with van der Waals surface area (Å²) < 4.78 is 12.5. The zero-order valence-electron chi connectivity index (χ0n) is 15.5. The molecule has 0 aliphatic carbocycles. The van der Waals surface area contributed by atoms with Gasteiger partial charge in [0.25, 0.3) is 0 Å². The third kappa shape index (κ3) is 5.84. The lowest BCUT2D eigenvalue weighted by Crippen LogP contribution is -2.17. The van der Waals surface area contributed by atoms with Crippen molar-refractivity contribution < 1.29 is 9.47 Å². The lowest BCUT2D eigenvalue weighted by molar-refractivity contribution is 0.284. The molecule has 140 valence electrons. The van der Waals surface area contributed by atoms with E-state index in [1.54, 1.807) is 7.11 Å². The molecule has 0 unspecified atom stereocenters. The molecule has 27 heavy (non-hydrogen) atoms. The number of ether oxygens (including phenoxy) is 2. The molecule has 0 atom stereocenters. The van der Waals surface area contributed by atoms with Gasteiger partial charge in [0.2, 0.25) is 0 Å². The molecule has 0 radical (unpaired) electrons. The molecule has 0 saturated heterocycles. The predicted octanol–water partition coefficient (Wildman–Crippen LogP) is 5.37. The van der Waals surface area contributed by atoms with Crippen molar-refractivity contribution in [2.24, 2.45) is 0 Å². The van der Waals surface area contributed by atoms with Crippen LogP contribution >= 0.6 is 15.9 Å². The van der Waals surface area contributed by atoms with Gasteiger partial charge >= 0.3 is 0 Å². The molecule has 4 heteroatoms. The second-order valence-corrected chi connectivity index (χ2v) is 7.14. The fraction of sp³-hybridized carbons (Fsp3) is 0.217. The second kappa shape index (κ2) is 10.1. The minimum absolute atomic E-state index is 0.512. The van der Waals surface area contributed by atoms with Gasteiger partial charge in [0.15, 0.2) is 11.5 Å². The van der Waals surface area contributed by atoms with Crippen molar-refractivity contribution in [3.8, 4) is 11.5 Å². The van der Waals surface area contributed by atoms with E-state index in [-0.39, 0.29) is 0 Å². The van der Waals surface area contributed by atoms with Gasteiger partial charge in [-0.05, 0) is 41.8 Å². The van der Waals surface area contributed by atoms with Crippen LogP contribution in [0, 0.1) is 0 Å². The lowest BCUT2D eigenvalue weighted by Gasteiger charge is -2.14. The molecule has 1 N–H and O–H groups in total. The van der Waals surface area contributed by atoms with Gasteiger partial charge in [-0.15, -0.1) is 0 Å². The maximum absolute atomic E-state index is 5.96. The van der Waals surface area contributed by atoms with E-state index in [1.807, 2.05) is 48.5 Å². The Balaban J connectivity index is 1.58. The standard InChI is InChI=1S/C23H24BrNO2/c1-26-22-14-20(16-25-13-12-18-8-4-2-5-9-18)21(24)15-23(22)27-17-19-10-6-3-7-11-19/h2-11,14-15,25H,12-13,16-17H2,1H3. The van der Waals surface area contributed by atoms with Gasteiger partial charge < -0.3 is 14.8 Å². The molecule has 0 aliphatic heterocycles. The largest absolute Gasteiger partial charge is 0.493 e. The number of methoxy groups -OCH3 is 1. The van der Waals surface area contributed by atoms with E-state index < -0.39 is 0 Å². The van der Waals surface area contributed by atoms with Gasteiger partial charge in [-0.1, -0.05) is 76.6 Å². The van der Waals surface area contributed by atoms with E-state index in [9.17, 15) is 0 Å². The van der Waals surface area contributed by atoms with E-state index in [1.165, 1.54) is 5.56 Å². The second-order valence-electron chi connectivity index (χ2n) is 6.28. The Morgan fingerprint density at radius 1 is 0.852 bits per heavy atom. The molecule has 0 fully saturated rings. The SMILES string of the molecule is COc1cc(CNCCc2ccccc2)c(Br)cc1OCc1ccccc1. The van der Waals surface area contributed by atoms with Gasteiger partial charge in [-0.2, -0.15) is 0 Å². The van der Waals surface area contributed by atoms with Gasteiger partial charge in [-0.25, -0.2) is 0 Å². The van der Waals surface area contributed by atoms with Gasteiger partial charge in [0.1, 0.15) is 6.61 Å². The Morgan fingerprint density at radius 3 is 2.19 bits per heavy atom. The predicted molar refractivity (Wildman–Crippen MR) is 113 cm³/mol. The summed E-state index contributed by atoms with van der Waals surface area (Å²) in [5.74, 6) is 1.48. The quantitative estimate of drug-likeness (QED) is 0.467. The minimum atomic E-state index is 0.512. The first-order valence-electron chi connectivity index (χ1n) is 9.04. The van der Waals surface area contributed by atoms with Crippen molar-refractivity contribution >= 4 is 15.9 Å². The third-order valence-electron chi connectivity index (χ3n) is 4.32. The van der Waals surface area contributed by atoms with Gasteiger partial charge in [-0.3, -0.25) is 0 Å². The summed E-state index contributed by atoms with van der Waals surface area (Å²) in [5.41, 5.74) is 3.61. The van der Waals surface area contributed by atoms with Gasteiger partial charge in [0, 0.05) is 11.0 Å². The van der Waals surface area contributed by atoms with Crippen LogP contribution in [-0.2, 0) is 19.6 Å². The highest BCUT2D eigenvalue weighted by Gasteiger charge is 2.10. The monoisotopic (exact) mass is 425 g/mol. The van der Waals surface area contributed by atoms with E-state index in [0.29, 0.717) is 6.61 Å². The van der Waals surface area contributed by atoms with E-state index >= 15 is 0 Å². The number of hydrogen-bond donors (Lipinski definition) is 1. The fourth-order valence-corrected chi connectivity index (χ4v) is 3.28. The average Bonchev–Trinajstić information content (AvgIpc) is 2.72. The number of hydrogen-bond acceptors (Lipinski definition) is 3. The minimum Gasteiger partial charge on any atom is -0.493 e. The summed E-state index contributed by atoms with van der Waals surface area (Å²) in [4.78, 5) is 0. The highest BCUT2D eigenvalue weighted by Crippen LogP contribution is 2.34. The molecule has 0 spiro atoms. The van der Waals surface area contributed by atoms with Crippen LogP contribution in [0.3, 0.4) is 0 Å². The fourth-order valence-electron chi connectivity index (χ4n) is 2.82. The highest BCUT2D eigenvalue weighted by atomic mass is 79.9. The molecule has 0 heterocycles. The summed E-state index contributed by atoms with van der Waals surface area (Å²) in [5, 5.41) is 3.49. The molecular formula is C23H24BrNO2. The van der Waals surface area contributed by atoms with Crippen molar-refractivity contribution in [3.63, 3.8) is 0 Å². The lowest BCUT2D eigenvalue weighted by atomic mass is 10.1. The van der Waals surface area contributed by atoms with Crippen LogP contribution in [0.25, 0.3) is 0 Å². The maximum atomic E-state index is 5.96. The summed E-state index contributed by atoms with van der Waals surface area (Å²) in [6, 6.07) is 24.6. The molecule has 0 saturated carbocycles. The average molecular weight is 426 g/mol. The Hall–Kier alpha value is -2.30. The molecule has 3 nitrogen and oxygen atoms in total. The van der Waals surface area contributed by atoms with Crippen molar-refractivity contribution in [3.05, 3.63) is 94.0 Å². The molecule has 0 bridgehead atoms. The first kappa shape index (κ1) is 19.5. The van der Waals surface area contributed by atoms with Crippen LogP contribution in [0.15, 0.2) is 77.3 Å². The number of halogens is 1. The van der Waals surface area contributed by atoms with Crippen molar-refractivity contribution in [2.45, 2.75) is 19.6 Å². The topological polar surface area (TPSA) is 30.5 Å². The normalized spacial score (nSPS) is 10.6. The van der Waals surface area contributed by atoms with Gasteiger partial charge in [0.05, 0.1) is 7.11 Å². The van der Waals surface area contributed by atoms with Crippen LogP contribution in [0.2, 0.25) is 0 Å². The van der Waals surface area contributed by atoms with E-state index in [0.717, 1.165) is 46.6 Å². The van der Waals surface area contributed by atoms with Crippen LogP contribution in [0.4, 0.5) is 0 Å². The Labute approximate surface area is 169 Å². The molecule has 0 aliphatic rings. The zero-order valence-corrected chi connectivity index (χ0v) is 17.0. The summed E-state index contributed by atoms with van der Waals surface area (Å²) in [7, 11) is 1.67. The van der Waals surface area contributed by atoms with E-state index in [4.69, 9.17) is 9.47 Å². The number of benzene rings is 3. The zero-order chi connectivity index (χ0) is 18.9. The molecular weight excluding hydrogens is 402 g/mol. The molecule has 0 amide bonds. The van der Waals surface area contributed by atoms with Crippen molar-refractivity contribution in [2.75, 3.05) is 13.7 Å². The van der Waals surface area contributed by atoms with Crippen LogP contribution in [0.1, 0.15) is 16.7 Å². The summed E-state index contributed by atoms with van der Waals surface area (Å²) in [6.07, 6.45) is 1.01. The molecule has 3 aromatic rings. The maximum Gasteiger partial charge on any atom is 0.162 e. The molecule has 3 aromatic carbocycles. The number of nitrogens with one attached hydrogen (secondary N) is 1. The first-order valence-corrected chi connectivity index (χ1v) is 9.83. The van der Waals surface area contributed by atoms with Crippen LogP contribution in [0.5, 0.6) is 11.5 Å². The molecule has 0 aromatic heterocycles. The summed E-state index contributed by atoms with van der Waals surface area (Å²) in [6.45, 7) is 2.20. The Morgan fingerprint density at radius 2 is 1.52 bits per heavy atom. The van der Waals surface area contributed by atoms with E-state index in [2.05, 4.69) is 45.5 Å². The van der Waals surface area contributed by atoms with Crippen LogP contribution in [-0.4, -0.2) is 13.7 Å². The highest BCUT2D eigenvalue weighted by molar-refractivity contribution is 9.10. The summed E-state index contributed by atoms with van der Waals surface area (Å²) >= 11 is 3.66. The molecule has 3 rings (SSSR count). The van der Waals surface area contributed by atoms with Crippen molar-refractivity contribution in [1.29, 1.82) is 0 Å². The third-order valence-corrected chi connectivity index (χ3v) is 5.06. The Kier molecular flexibility index (Phi) is 7.31. The van der Waals surface area contributed by atoms with Crippen molar-refractivity contribution in [1.82, 2.24) is 5.32 Å². The number of rotatable bonds is 9.